The molecule has 1 aliphatic carbocycles. The van der Waals surface area contributed by atoms with Crippen LogP contribution >= 0.6 is 15.9 Å². The molecule has 1 heterocycles. The van der Waals surface area contributed by atoms with Crippen LogP contribution in [-0.2, 0) is 4.79 Å². The maximum absolute atomic E-state index is 12.4. The second-order valence-corrected chi connectivity index (χ2v) is 6.33. The number of nitrogens with two attached hydrogens (primary N) is 1. The number of halogens is 1. The molecule has 0 spiro atoms. The summed E-state index contributed by atoms with van der Waals surface area (Å²) in [5.74, 6) is 0.239. The van der Waals surface area contributed by atoms with Gasteiger partial charge in [0.25, 0.3) is 0 Å². The largest absolute Gasteiger partial charge is 0.330 e. The summed E-state index contributed by atoms with van der Waals surface area (Å²) in [6, 6.07) is 3.53. The molecule has 1 amide bonds. The Morgan fingerprint density at radius 1 is 1.33 bits per heavy atom. The number of carbonyl (C=O) groups is 1. The number of imidazole rings is 1. The van der Waals surface area contributed by atoms with E-state index >= 15 is 0 Å². The lowest BCUT2D eigenvalue weighted by molar-refractivity contribution is -0.120. The number of hydrogen-bond acceptors (Lipinski definition) is 3. The van der Waals surface area contributed by atoms with Crippen LogP contribution in [-0.4, -0.2) is 22.4 Å². The number of aromatic nitrogens is 2. The molecule has 5 N–H and O–H groups in total. The highest BCUT2D eigenvalue weighted by atomic mass is 79.9. The predicted octanol–water partition coefficient (Wildman–Crippen LogP) is 1.93. The van der Waals surface area contributed by atoms with Crippen LogP contribution < -0.4 is 16.7 Å². The van der Waals surface area contributed by atoms with Crippen molar-refractivity contribution >= 4 is 38.6 Å². The molecule has 0 saturated heterocycles. The van der Waals surface area contributed by atoms with Gasteiger partial charge in [0.15, 0.2) is 0 Å². The van der Waals surface area contributed by atoms with Crippen LogP contribution in [0.5, 0.6) is 0 Å². The first-order chi connectivity index (χ1) is 10.1. The summed E-state index contributed by atoms with van der Waals surface area (Å²) in [6.45, 7) is 0.545. The van der Waals surface area contributed by atoms with Crippen LogP contribution in [0.1, 0.15) is 19.3 Å². The van der Waals surface area contributed by atoms with Gasteiger partial charge in [0.05, 0.1) is 16.7 Å². The standard InChI is InChI=1S/C14H17BrN4O2/c15-9-4-11-12(19-14(21)18-11)5-10(9)17-13(20)8-3-1-2-7(8)6-16/h4-5,7-8H,1-3,6,16H2,(H,17,20)(H2,18,19,21). The first-order valence-electron chi connectivity index (χ1n) is 7.01. The average molecular weight is 353 g/mol. The van der Waals surface area contributed by atoms with Crippen molar-refractivity contribution in [2.45, 2.75) is 19.3 Å². The van der Waals surface area contributed by atoms with E-state index in [9.17, 15) is 9.59 Å². The summed E-state index contributed by atoms with van der Waals surface area (Å²) in [5, 5.41) is 2.94. The third kappa shape index (κ3) is 2.75. The Kier molecular flexibility index (Phi) is 3.86. The lowest BCUT2D eigenvalue weighted by Crippen LogP contribution is -2.29. The summed E-state index contributed by atoms with van der Waals surface area (Å²) in [4.78, 5) is 29.1. The number of anilines is 1. The van der Waals surface area contributed by atoms with Gasteiger partial charge in [-0.25, -0.2) is 4.79 Å². The molecule has 1 fully saturated rings. The van der Waals surface area contributed by atoms with Crippen molar-refractivity contribution in [1.29, 1.82) is 0 Å². The molecule has 0 aliphatic heterocycles. The average Bonchev–Trinajstić information content (AvgIpc) is 3.04. The number of rotatable bonds is 3. The maximum Gasteiger partial charge on any atom is 0.323 e. The Bertz CT molecular complexity index is 736. The quantitative estimate of drug-likeness (QED) is 0.678. The molecule has 21 heavy (non-hydrogen) atoms. The molecule has 7 heteroatoms. The monoisotopic (exact) mass is 352 g/mol. The molecule has 1 saturated carbocycles. The molecule has 3 rings (SSSR count). The Hall–Kier alpha value is -1.60. The van der Waals surface area contributed by atoms with Gasteiger partial charge in [-0.15, -0.1) is 0 Å². The van der Waals surface area contributed by atoms with Gasteiger partial charge >= 0.3 is 5.69 Å². The van der Waals surface area contributed by atoms with E-state index in [4.69, 9.17) is 5.73 Å². The molecule has 6 nitrogen and oxygen atoms in total. The first kappa shape index (κ1) is 14.3. The number of carbonyl (C=O) groups excluding carboxylic acids is 1. The van der Waals surface area contributed by atoms with Gasteiger partial charge in [0.1, 0.15) is 0 Å². The Labute approximate surface area is 129 Å². The normalized spacial score (nSPS) is 21.8. The van der Waals surface area contributed by atoms with E-state index in [-0.39, 0.29) is 23.4 Å². The molecule has 2 atom stereocenters. The molecule has 0 bridgehead atoms. The zero-order chi connectivity index (χ0) is 15.0. The summed E-state index contributed by atoms with van der Waals surface area (Å²) < 4.78 is 0.737. The number of hydrogen-bond donors (Lipinski definition) is 4. The van der Waals surface area contributed by atoms with Gasteiger partial charge in [0.2, 0.25) is 5.91 Å². The van der Waals surface area contributed by atoms with Crippen LogP contribution in [0.25, 0.3) is 11.0 Å². The fourth-order valence-electron chi connectivity index (χ4n) is 3.04. The van der Waals surface area contributed by atoms with Crippen LogP contribution in [0.4, 0.5) is 5.69 Å². The third-order valence-corrected chi connectivity index (χ3v) is 4.82. The summed E-state index contributed by atoms with van der Waals surface area (Å²) in [5.41, 5.74) is 7.49. The summed E-state index contributed by atoms with van der Waals surface area (Å²) in [6.07, 6.45) is 2.94. The minimum Gasteiger partial charge on any atom is -0.330 e. The van der Waals surface area contributed by atoms with Gasteiger partial charge in [0, 0.05) is 10.4 Å². The highest BCUT2D eigenvalue weighted by Gasteiger charge is 2.32. The lowest BCUT2D eigenvalue weighted by Gasteiger charge is -2.18. The van der Waals surface area contributed by atoms with Crippen molar-refractivity contribution in [3.05, 3.63) is 27.1 Å². The van der Waals surface area contributed by atoms with Crippen molar-refractivity contribution in [2.24, 2.45) is 17.6 Å². The minimum atomic E-state index is -0.264. The fraction of sp³-hybridized carbons (Fsp3) is 0.429. The Balaban J connectivity index is 1.85. The maximum atomic E-state index is 12.4. The van der Waals surface area contributed by atoms with E-state index in [2.05, 4.69) is 31.2 Å². The zero-order valence-corrected chi connectivity index (χ0v) is 13.0. The minimum absolute atomic E-state index is 0.000817. The van der Waals surface area contributed by atoms with Crippen molar-refractivity contribution in [2.75, 3.05) is 11.9 Å². The van der Waals surface area contributed by atoms with E-state index in [1.54, 1.807) is 12.1 Å². The Morgan fingerprint density at radius 3 is 2.76 bits per heavy atom. The van der Waals surface area contributed by atoms with Crippen LogP contribution in [0.3, 0.4) is 0 Å². The van der Waals surface area contributed by atoms with Gasteiger partial charge < -0.3 is 21.0 Å². The molecule has 1 aromatic carbocycles. The van der Waals surface area contributed by atoms with E-state index in [0.29, 0.717) is 23.3 Å². The van der Waals surface area contributed by atoms with Crippen LogP contribution in [0.15, 0.2) is 21.4 Å². The van der Waals surface area contributed by atoms with Crippen LogP contribution in [0.2, 0.25) is 0 Å². The van der Waals surface area contributed by atoms with Gasteiger partial charge in [-0.1, -0.05) is 6.42 Å². The highest BCUT2D eigenvalue weighted by Crippen LogP contribution is 2.33. The van der Waals surface area contributed by atoms with E-state index in [1.807, 2.05) is 0 Å². The predicted molar refractivity (Wildman–Crippen MR) is 85.1 cm³/mol. The lowest BCUT2D eigenvalue weighted by atomic mass is 9.95. The van der Waals surface area contributed by atoms with E-state index < -0.39 is 0 Å². The second kappa shape index (κ2) is 5.65. The van der Waals surface area contributed by atoms with Crippen molar-refractivity contribution in [3.8, 4) is 0 Å². The smallest absolute Gasteiger partial charge is 0.323 e. The fourth-order valence-corrected chi connectivity index (χ4v) is 3.48. The number of amides is 1. The summed E-state index contributed by atoms with van der Waals surface area (Å²) >= 11 is 3.42. The number of benzene rings is 1. The molecule has 1 aromatic heterocycles. The molecular formula is C14H17BrN4O2. The van der Waals surface area contributed by atoms with Crippen molar-refractivity contribution in [1.82, 2.24) is 9.97 Å². The Morgan fingerprint density at radius 2 is 2.05 bits per heavy atom. The zero-order valence-electron chi connectivity index (χ0n) is 11.4. The third-order valence-electron chi connectivity index (χ3n) is 4.16. The van der Waals surface area contributed by atoms with Gasteiger partial charge in [-0.2, -0.15) is 0 Å². The number of H-pyrrole nitrogens is 2. The second-order valence-electron chi connectivity index (χ2n) is 5.48. The van der Waals surface area contributed by atoms with Crippen LogP contribution in [0, 0.1) is 11.8 Å². The number of aromatic amines is 2. The van der Waals surface area contributed by atoms with Gasteiger partial charge in [-0.3, -0.25) is 4.79 Å². The molecule has 2 aromatic rings. The van der Waals surface area contributed by atoms with Crippen molar-refractivity contribution < 1.29 is 4.79 Å². The molecule has 1 aliphatic rings. The molecule has 112 valence electrons. The highest BCUT2D eigenvalue weighted by molar-refractivity contribution is 9.10. The molecule has 2 unspecified atom stereocenters. The number of nitrogens with one attached hydrogen (secondary N) is 3. The SMILES string of the molecule is NCC1CCCC1C(=O)Nc1cc2[nH]c(=O)[nH]c2cc1Br. The van der Waals surface area contributed by atoms with E-state index in [1.165, 1.54) is 0 Å². The number of fused-ring (bicyclic) bond motifs is 1. The van der Waals surface area contributed by atoms with E-state index in [0.717, 1.165) is 23.7 Å². The molecular weight excluding hydrogens is 336 g/mol. The first-order valence-corrected chi connectivity index (χ1v) is 7.80. The van der Waals surface area contributed by atoms with Crippen molar-refractivity contribution in [3.63, 3.8) is 0 Å². The summed E-state index contributed by atoms with van der Waals surface area (Å²) in [7, 11) is 0. The topological polar surface area (TPSA) is 104 Å². The van der Waals surface area contributed by atoms with Gasteiger partial charge in [-0.05, 0) is 53.4 Å². The molecule has 0 radical (unpaired) electrons.